The number of rotatable bonds is 5. The van der Waals surface area contributed by atoms with Gasteiger partial charge in [-0.1, -0.05) is 18.2 Å². The van der Waals surface area contributed by atoms with Crippen LogP contribution in [0.4, 0.5) is 5.82 Å². The Labute approximate surface area is 114 Å². The summed E-state index contributed by atoms with van der Waals surface area (Å²) in [5.74, 6) is 1.13. The third kappa shape index (κ3) is 2.43. The van der Waals surface area contributed by atoms with Crippen LogP contribution in [0.25, 0.3) is 10.9 Å². The lowest BCUT2D eigenvalue weighted by Crippen LogP contribution is -2.26. The summed E-state index contributed by atoms with van der Waals surface area (Å²) < 4.78 is 0. The van der Waals surface area contributed by atoms with Gasteiger partial charge in [0.1, 0.15) is 5.82 Å². The Morgan fingerprint density at radius 3 is 2.79 bits per heavy atom. The molecule has 0 bridgehead atoms. The molecule has 0 unspecified atom stereocenters. The SMILES string of the molecule is CCN(c1cc(CNC)c2ccccc2n1)C1CC1. The van der Waals surface area contributed by atoms with Crippen LogP contribution < -0.4 is 10.2 Å². The highest BCUT2D eigenvalue weighted by Crippen LogP contribution is 2.32. The molecular weight excluding hydrogens is 234 g/mol. The molecule has 1 aromatic carbocycles. The smallest absolute Gasteiger partial charge is 0.129 e. The van der Waals surface area contributed by atoms with E-state index in [4.69, 9.17) is 4.98 Å². The zero-order chi connectivity index (χ0) is 13.2. The first-order chi connectivity index (χ1) is 9.33. The molecule has 1 aliphatic rings. The Hall–Kier alpha value is -1.61. The van der Waals surface area contributed by atoms with Crippen molar-refractivity contribution in [2.75, 3.05) is 18.5 Å². The van der Waals surface area contributed by atoms with Crippen LogP contribution in [0.3, 0.4) is 0 Å². The third-order valence-electron chi connectivity index (χ3n) is 3.78. The molecule has 0 amide bonds. The van der Waals surface area contributed by atoms with E-state index in [1.807, 2.05) is 7.05 Å². The molecule has 0 saturated heterocycles. The highest BCUT2D eigenvalue weighted by molar-refractivity contribution is 5.84. The average Bonchev–Trinajstić information content (AvgIpc) is 3.25. The first-order valence-electron chi connectivity index (χ1n) is 7.13. The molecule has 2 aromatic rings. The highest BCUT2D eigenvalue weighted by atomic mass is 15.2. The Bertz CT molecular complexity index is 575. The van der Waals surface area contributed by atoms with Crippen LogP contribution >= 0.6 is 0 Å². The number of hydrogen-bond acceptors (Lipinski definition) is 3. The maximum Gasteiger partial charge on any atom is 0.129 e. The number of fused-ring (bicyclic) bond motifs is 1. The zero-order valence-corrected chi connectivity index (χ0v) is 11.7. The van der Waals surface area contributed by atoms with Gasteiger partial charge >= 0.3 is 0 Å². The molecule has 3 rings (SSSR count). The minimum Gasteiger partial charge on any atom is -0.354 e. The molecule has 100 valence electrons. The van der Waals surface area contributed by atoms with Gasteiger partial charge in [-0.15, -0.1) is 0 Å². The normalized spacial score (nSPS) is 14.8. The van der Waals surface area contributed by atoms with Gasteiger partial charge in [-0.2, -0.15) is 0 Å². The van der Waals surface area contributed by atoms with Gasteiger partial charge in [-0.05, 0) is 44.5 Å². The van der Waals surface area contributed by atoms with E-state index in [9.17, 15) is 0 Å². The van der Waals surface area contributed by atoms with Crippen LogP contribution in [0.5, 0.6) is 0 Å². The molecule has 1 aliphatic carbocycles. The number of hydrogen-bond donors (Lipinski definition) is 1. The summed E-state index contributed by atoms with van der Waals surface area (Å²) in [6.07, 6.45) is 2.62. The fraction of sp³-hybridized carbons (Fsp3) is 0.438. The Morgan fingerprint density at radius 2 is 2.11 bits per heavy atom. The van der Waals surface area contributed by atoms with Crippen molar-refractivity contribution in [3.63, 3.8) is 0 Å². The standard InChI is InChI=1S/C16H21N3/c1-3-19(13-8-9-13)16-10-12(11-17-2)14-6-4-5-7-15(14)18-16/h4-7,10,13,17H,3,8-9,11H2,1-2H3. The summed E-state index contributed by atoms with van der Waals surface area (Å²) in [6, 6.07) is 11.4. The van der Waals surface area contributed by atoms with Crippen molar-refractivity contribution in [1.82, 2.24) is 10.3 Å². The van der Waals surface area contributed by atoms with Crippen molar-refractivity contribution in [3.8, 4) is 0 Å². The molecule has 0 aliphatic heterocycles. The predicted molar refractivity (Wildman–Crippen MR) is 80.5 cm³/mol. The minimum atomic E-state index is 0.709. The van der Waals surface area contributed by atoms with Crippen LogP contribution in [0, 0.1) is 0 Å². The Morgan fingerprint density at radius 1 is 1.32 bits per heavy atom. The van der Waals surface area contributed by atoms with E-state index in [0.29, 0.717) is 6.04 Å². The quantitative estimate of drug-likeness (QED) is 0.890. The number of pyridine rings is 1. The minimum absolute atomic E-state index is 0.709. The van der Waals surface area contributed by atoms with Gasteiger partial charge in [0.25, 0.3) is 0 Å². The molecule has 1 fully saturated rings. The van der Waals surface area contributed by atoms with E-state index < -0.39 is 0 Å². The number of benzene rings is 1. The zero-order valence-electron chi connectivity index (χ0n) is 11.7. The third-order valence-corrected chi connectivity index (χ3v) is 3.78. The average molecular weight is 255 g/mol. The lowest BCUT2D eigenvalue weighted by molar-refractivity contribution is 0.798. The summed E-state index contributed by atoms with van der Waals surface area (Å²) in [5.41, 5.74) is 2.44. The second-order valence-electron chi connectivity index (χ2n) is 5.20. The van der Waals surface area contributed by atoms with E-state index in [1.165, 1.54) is 23.8 Å². The molecule has 3 heteroatoms. The van der Waals surface area contributed by atoms with Gasteiger partial charge in [-0.25, -0.2) is 4.98 Å². The van der Waals surface area contributed by atoms with Crippen molar-refractivity contribution in [3.05, 3.63) is 35.9 Å². The van der Waals surface area contributed by atoms with Gasteiger partial charge in [0.05, 0.1) is 5.52 Å². The van der Waals surface area contributed by atoms with E-state index in [2.05, 4.69) is 47.5 Å². The molecule has 1 heterocycles. The van der Waals surface area contributed by atoms with E-state index in [-0.39, 0.29) is 0 Å². The van der Waals surface area contributed by atoms with Crippen LogP contribution in [0.2, 0.25) is 0 Å². The lowest BCUT2D eigenvalue weighted by Gasteiger charge is -2.23. The molecule has 0 radical (unpaired) electrons. The Kier molecular flexibility index (Phi) is 3.38. The summed E-state index contributed by atoms with van der Waals surface area (Å²) in [5, 5.41) is 4.52. The fourth-order valence-corrected chi connectivity index (χ4v) is 2.71. The molecule has 1 N–H and O–H groups in total. The maximum atomic E-state index is 4.85. The second kappa shape index (κ2) is 5.17. The summed E-state index contributed by atoms with van der Waals surface area (Å²) in [6.45, 7) is 4.14. The monoisotopic (exact) mass is 255 g/mol. The van der Waals surface area contributed by atoms with Gasteiger partial charge in [-0.3, -0.25) is 0 Å². The highest BCUT2D eigenvalue weighted by Gasteiger charge is 2.29. The largest absolute Gasteiger partial charge is 0.354 e. The van der Waals surface area contributed by atoms with Gasteiger partial charge < -0.3 is 10.2 Å². The molecule has 1 aromatic heterocycles. The molecule has 0 spiro atoms. The summed E-state index contributed by atoms with van der Waals surface area (Å²) >= 11 is 0. The number of para-hydroxylation sites is 1. The van der Waals surface area contributed by atoms with Crippen LogP contribution in [-0.2, 0) is 6.54 Å². The maximum absolute atomic E-state index is 4.85. The predicted octanol–water partition coefficient (Wildman–Crippen LogP) is 2.94. The topological polar surface area (TPSA) is 28.2 Å². The summed E-state index contributed by atoms with van der Waals surface area (Å²) in [7, 11) is 1.99. The fourth-order valence-electron chi connectivity index (χ4n) is 2.71. The first kappa shape index (κ1) is 12.4. The van der Waals surface area contributed by atoms with E-state index in [1.54, 1.807) is 0 Å². The second-order valence-corrected chi connectivity index (χ2v) is 5.20. The van der Waals surface area contributed by atoms with Gasteiger partial charge in [0.15, 0.2) is 0 Å². The molecule has 0 atom stereocenters. The number of anilines is 1. The number of nitrogens with zero attached hydrogens (tertiary/aromatic N) is 2. The van der Waals surface area contributed by atoms with Gasteiger partial charge in [0, 0.05) is 24.5 Å². The van der Waals surface area contributed by atoms with Crippen molar-refractivity contribution in [1.29, 1.82) is 0 Å². The van der Waals surface area contributed by atoms with E-state index in [0.717, 1.165) is 24.4 Å². The van der Waals surface area contributed by atoms with Crippen molar-refractivity contribution >= 4 is 16.7 Å². The molecular formula is C16H21N3. The molecule has 3 nitrogen and oxygen atoms in total. The Balaban J connectivity index is 2.09. The molecule has 19 heavy (non-hydrogen) atoms. The summed E-state index contributed by atoms with van der Waals surface area (Å²) in [4.78, 5) is 7.28. The van der Waals surface area contributed by atoms with Crippen LogP contribution in [0.15, 0.2) is 30.3 Å². The van der Waals surface area contributed by atoms with Crippen molar-refractivity contribution < 1.29 is 0 Å². The number of nitrogens with one attached hydrogen (secondary N) is 1. The van der Waals surface area contributed by atoms with Crippen molar-refractivity contribution in [2.24, 2.45) is 0 Å². The van der Waals surface area contributed by atoms with Crippen LogP contribution in [0.1, 0.15) is 25.3 Å². The first-order valence-corrected chi connectivity index (χ1v) is 7.13. The van der Waals surface area contributed by atoms with Crippen molar-refractivity contribution in [2.45, 2.75) is 32.4 Å². The number of aromatic nitrogens is 1. The lowest BCUT2D eigenvalue weighted by atomic mass is 10.1. The van der Waals surface area contributed by atoms with Crippen LogP contribution in [-0.4, -0.2) is 24.6 Å². The van der Waals surface area contributed by atoms with E-state index >= 15 is 0 Å². The molecule has 1 saturated carbocycles. The van der Waals surface area contributed by atoms with Gasteiger partial charge in [0.2, 0.25) is 0 Å².